The molecule has 1 aromatic heterocycles. The highest BCUT2D eigenvalue weighted by atomic mass is 16.3. The van der Waals surface area contributed by atoms with Crippen molar-refractivity contribution in [2.75, 3.05) is 37.4 Å². The van der Waals surface area contributed by atoms with E-state index in [0.29, 0.717) is 25.3 Å². The third-order valence-corrected chi connectivity index (χ3v) is 4.03. The van der Waals surface area contributed by atoms with Crippen LogP contribution in [-0.2, 0) is 6.54 Å². The quantitative estimate of drug-likeness (QED) is 0.743. The van der Waals surface area contributed by atoms with Gasteiger partial charge in [0.2, 0.25) is 0 Å². The van der Waals surface area contributed by atoms with E-state index in [2.05, 4.69) is 10.6 Å². The van der Waals surface area contributed by atoms with E-state index < -0.39 is 0 Å². The summed E-state index contributed by atoms with van der Waals surface area (Å²) in [6.07, 6.45) is 2.33. The second kappa shape index (κ2) is 9.66. The van der Waals surface area contributed by atoms with Crippen molar-refractivity contribution in [1.82, 2.24) is 10.2 Å². The standard InChI is InChI=1S/C20H28N4O3/c1-5-11-24(20(26)21-6-2)14-15-13-16(9-10-17(15)23(3)4)22-19(25)18-8-7-12-27-18/h7-10,12-13H,5-6,11,14H2,1-4H3,(H,21,26)(H,22,25). The number of amides is 3. The van der Waals surface area contributed by atoms with Gasteiger partial charge in [0.15, 0.2) is 5.76 Å². The number of benzene rings is 1. The molecule has 0 bridgehead atoms. The third kappa shape index (κ3) is 5.51. The molecule has 0 saturated heterocycles. The lowest BCUT2D eigenvalue weighted by Gasteiger charge is -2.26. The first-order valence-corrected chi connectivity index (χ1v) is 9.14. The summed E-state index contributed by atoms with van der Waals surface area (Å²) in [5, 5.41) is 5.70. The minimum atomic E-state index is -0.308. The molecule has 0 aliphatic heterocycles. The molecule has 0 spiro atoms. The van der Waals surface area contributed by atoms with Crippen LogP contribution >= 0.6 is 0 Å². The lowest BCUT2D eigenvalue weighted by molar-refractivity contribution is 0.0996. The Labute approximate surface area is 160 Å². The Kier molecular flexibility index (Phi) is 7.28. The van der Waals surface area contributed by atoms with Crippen molar-refractivity contribution in [3.63, 3.8) is 0 Å². The normalized spacial score (nSPS) is 10.4. The number of urea groups is 1. The van der Waals surface area contributed by atoms with E-state index in [-0.39, 0.29) is 17.7 Å². The largest absolute Gasteiger partial charge is 0.459 e. The van der Waals surface area contributed by atoms with Gasteiger partial charge in [0.25, 0.3) is 5.91 Å². The zero-order valence-corrected chi connectivity index (χ0v) is 16.4. The van der Waals surface area contributed by atoms with E-state index in [0.717, 1.165) is 17.7 Å². The van der Waals surface area contributed by atoms with Crippen LogP contribution in [0.1, 0.15) is 36.4 Å². The molecule has 0 unspecified atom stereocenters. The fraction of sp³-hybridized carbons (Fsp3) is 0.400. The summed E-state index contributed by atoms with van der Waals surface area (Å²) in [5.74, 6) is -0.0548. The lowest BCUT2D eigenvalue weighted by Crippen LogP contribution is -2.40. The summed E-state index contributed by atoms with van der Waals surface area (Å²) >= 11 is 0. The molecule has 0 fully saturated rings. The van der Waals surface area contributed by atoms with Crippen LogP contribution in [0.5, 0.6) is 0 Å². The minimum absolute atomic E-state index is 0.0888. The first kappa shape index (κ1) is 20.4. The van der Waals surface area contributed by atoms with Gasteiger partial charge in [-0.1, -0.05) is 6.92 Å². The molecular weight excluding hydrogens is 344 g/mol. The Balaban J connectivity index is 2.25. The molecule has 0 aliphatic rings. The Morgan fingerprint density at radius 3 is 2.52 bits per heavy atom. The first-order chi connectivity index (χ1) is 13.0. The lowest BCUT2D eigenvalue weighted by atomic mass is 10.1. The van der Waals surface area contributed by atoms with Crippen molar-refractivity contribution in [1.29, 1.82) is 0 Å². The maximum absolute atomic E-state index is 12.4. The fourth-order valence-corrected chi connectivity index (χ4v) is 2.82. The molecule has 27 heavy (non-hydrogen) atoms. The number of furan rings is 1. The van der Waals surface area contributed by atoms with Gasteiger partial charge in [-0.15, -0.1) is 0 Å². The summed E-state index contributed by atoms with van der Waals surface area (Å²) in [5.41, 5.74) is 2.61. The van der Waals surface area contributed by atoms with Gasteiger partial charge in [-0.05, 0) is 49.2 Å². The monoisotopic (exact) mass is 372 g/mol. The topological polar surface area (TPSA) is 77.8 Å². The molecule has 2 aromatic rings. The van der Waals surface area contributed by atoms with Crippen molar-refractivity contribution in [3.8, 4) is 0 Å². The molecule has 7 nitrogen and oxygen atoms in total. The van der Waals surface area contributed by atoms with Crippen molar-refractivity contribution in [3.05, 3.63) is 47.9 Å². The molecule has 3 amide bonds. The van der Waals surface area contributed by atoms with Crippen molar-refractivity contribution in [2.45, 2.75) is 26.8 Å². The SMILES string of the molecule is CCCN(Cc1cc(NC(=O)c2ccco2)ccc1N(C)C)C(=O)NCC. The van der Waals surface area contributed by atoms with Crippen LogP contribution in [0.25, 0.3) is 0 Å². The number of hydrogen-bond acceptors (Lipinski definition) is 4. The van der Waals surface area contributed by atoms with Crippen LogP contribution < -0.4 is 15.5 Å². The Hall–Kier alpha value is -2.96. The Morgan fingerprint density at radius 1 is 1.15 bits per heavy atom. The second-order valence-corrected chi connectivity index (χ2v) is 6.43. The van der Waals surface area contributed by atoms with Crippen LogP contribution in [0, 0.1) is 0 Å². The van der Waals surface area contributed by atoms with Gasteiger partial charge in [-0.25, -0.2) is 4.79 Å². The average Bonchev–Trinajstić information content (AvgIpc) is 3.16. The highest BCUT2D eigenvalue weighted by Crippen LogP contribution is 2.25. The fourth-order valence-electron chi connectivity index (χ4n) is 2.82. The van der Waals surface area contributed by atoms with Crippen LogP contribution in [0.2, 0.25) is 0 Å². The second-order valence-electron chi connectivity index (χ2n) is 6.43. The van der Waals surface area contributed by atoms with Crippen molar-refractivity contribution in [2.24, 2.45) is 0 Å². The molecular formula is C20H28N4O3. The van der Waals surface area contributed by atoms with E-state index in [4.69, 9.17) is 4.42 Å². The van der Waals surface area contributed by atoms with Gasteiger partial charge in [0, 0.05) is 45.1 Å². The van der Waals surface area contributed by atoms with E-state index >= 15 is 0 Å². The van der Waals surface area contributed by atoms with Crippen LogP contribution in [0.3, 0.4) is 0 Å². The highest BCUT2D eigenvalue weighted by Gasteiger charge is 2.16. The number of anilines is 2. The van der Waals surface area contributed by atoms with Gasteiger partial charge in [-0.3, -0.25) is 4.79 Å². The molecule has 7 heteroatoms. The van der Waals surface area contributed by atoms with Crippen LogP contribution in [0.15, 0.2) is 41.0 Å². The molecule has 1 heterocycles. The number of hydrogen-bond donors (Lipinski definition) is 2. The van der Waals surface area contributed by atoms with Crippen LogP contribution in [-0.4, -0.2) is 44.0 Å². The molecule has 0 saturated carbocycles. The molecule has 0 radical (unpaired) electrons. The zero-order valence-electron chi connectivity index (χ0n) is 16.4. The van der Waals surface area contributed by atoms with Crippen molar-refractivity contribution >= 4 is 23.3 Å². The number of nitrogens with one attached hydrogen (secondary N) is 2. The van der Waals surface area contributed by atoms with Crippen LogP contribution in [0.4, 0.5) is 16.2 Å². The summed E-state index contributed by atoms with van der Waals surface area (Å²) in [6, 6.07) is 8.88. The summed E-state index contributed by atoms with van der Waals surface area (Å²) < 4.78 is 5.13. The first-order valence-electron chi connectivity index (χ1n) is 9.14. The predicted octanol–water partition coefficient (Wildman–Crippen LogP) is 3.54. The minimum Gasteiger partial charge on any atom is -0.459 e. The summed E-state index contributed by atoms with van der Waals surface area (Å²) in [4.78, 5) is 28.4. The maximum atomic E-state index is 12.4. The summed E-state index contributed by atoms with van der Waals surface area (Å²) in [7, 11) is 3.91. The molecule has 0 atom stereocenters. The maximum Gasteiger partial charge on any atom is 0.317 e. The molecule has 0 aliphatic carbocycles. The van der Waals surface area contributed by atoms with E-state index in [9.17, 15) is 9.59 Å². The zero-order chi connectivity index (χ0) is 19.8. The van der Waals surface area contributed by atoms with Gasteiger partial charge >= 0.3 is 6.03 Å². The Bertz CT molecular complexity index is 757. The van der Waals surface area contributed by atoms with E-state index in [1.54, 1.807) is 17.0 Å². The number of carbonyl (C=O) groups is 2. The molecule has 1 aromatic carbocycles. The van der Waals surface area contributed by atoms with Gasteiger partial charge in [0.1, 0.15) is 0 Å². The van der Waals surface area contributed by atoms with E-state index in [1.807, 2.05) is 51.0 Å². The van der Waals surface area contributed by atoms with Crippen molar-refractivity contribution < 1.29 is 14.0 Å². The highest BCUT2D eigenvalue weighted by molar-refractivity contribution is 6.02. The summed E-state index contributed by atoms with van der Waals surface area (Å²) in [6.45, 7) is 5.63. The number of rotatable bonds is 8. The van der Waals surface area contributed by atoms with E-state index in [1.165, 1.54) is 6.26 Å². The number of carbonyl (C=O) groups excluding carboxylic acids is 2. The smallest absolute Gasteiger partial charge is 0.317 e. The molecule has 2 N–H and O–H groups in total. The third-order valence-electron chi connectivity index (χ3n) is 4.03. The predicted molar refractivity (Wildman–Crippen MR) is 107 cm³/mol. The Morgan fingerprint density at radius 2 is 1.93 bits per heavy atom. The molecule has 2 rings (SSSR count). The van der Waals surface area contributed by atoms with Gasteiger partial charge in [-0.2, -0.15) is 0 Å². The number of nitrogens with zero attached hydrogens (tertiary/aromatic N) is 2. The molecule has 146 valence electrons. The average molecular weight is 372 g/mol. The van der Waals surface area contributed by atoms with Gasteiger partial charge in [0.05, 0.1) is 6.26 Å². The van der Waals surface area contributed by atoms with Gasteiger partial charge < -0.3 is 24.9 Å².